The molecular weight excluding hydrogens is 233 g/mol. The molecule has 0 saturated heterocycles. The van der Waals surface area contributed by atoms with Crippen molar-refractivity contribution in [3.8, 4) is 0 Å². The van der Waals surface area contributed by atoms with Crippen LogP contribution in [0.15, 0.2) is 0 Å². The molecule has 0 aliphatic rings. The lowest BCUT2D eigenvalue weighted by atomic mass is 10.1. The minimum Gasteiger partial charge on any atom is -0.480 e. The second-order valence-electron chi connectivity index (χ2n) is 3.22. The SMILES string of the molecule is CC(C)[C@H](N)C(=O)O.CCO[PH](=O)OCC. The van der Waals surface area contributed by atoms with Crippen LogP contribution in [0.5, 0.6) is 0 Å². The van der Waals surface area contributed by atoms with Gasteiger partial charge in [-0.15, -0.1) is 0 Å². The first-order valence-electron chi connectivity index (χ1n) is 5.14. The van der Waals surface area contributed by atoms with E-state index in [1.807, 2.05) is 0 Å². The lowest BCUT2D eigenvalue weighted by Gasteiger charge is -2.07. The molecule has 6 nitrogen and oxygen atoms in total. The highest BCUT2D eigenvalue weighted by Gasteiger charge is 2.14. The number of carbonyl (C=O) groups is 1. The summed E-state index contributed by atoms with van der Waals surface area (Å²) in [4.78, 5) is 10.0. The van der Waals surface area contributed by atoms with Gasteiger partial charge in [0.25, 0.3) is 0 Å². The Morgan fingerprint density at radius 1 is 1.31 bits per heavy atom. The summed E-state index contributed by atoms with van der Waals surface area (Å²) in [5, 5.41) is 8.23. The number of carboxylic acid groups (broad SMARTS) is 1. The smallest absolute Gasteiger partial charge is 0.320 e. The fourth-order valence-corrected chi connectivity index (χ4v) is 1.12. The van der Waals surface area contributed by atoms with Crippen molar-refractivity contribution in [2.75, 3.05) is 13.2 Å². The van der Waals surface area contributed by atoms with Crippen molar-refractivity contribution in [3.63, 3.8) is 0 Å². The Kier molecular flexibility index (Phi) is 12.4. The van der Waals surface area contributed by atoms with Crippen LogP contribution in [-0.4, -0.2) is 30.3 Å². The molecule has 0 aliphatic carbocycles. The van der Waals surface area contributed by atoms with Crippen LogP contribution in [0.1, 0.15) is 27.7 Å². The lowest BCUT2D eigenvalue weighted by molar-refractivity contribution is -0.139. The van der Waals surface area contributed by atoms with Gasteiger partial charge in [-0.3, -0.25) is 9.36 Å². The Balaban J connectivity index is 0. The summed E-state index contributed by atoms with van der Waals surface area (Å²) in [5.74, 6) is -0.910. The van der Waals surface area contributed by atoms with Crippen molar-refractivity contribution in [3.05, 3.63) is 0 Å². The molecule has 0 aromatic carbocycles. The van der Waals surface area contributed by atoms with Gasteiger partial charge in [-0.05, 0) is 19.8 Å². The van der Waals surface area contributed by atoms with E-state index in [1.165, 1.54) is 0 Å². The third kappa shape index (κ3) is 11.7. The first-order valence-corrected chi connectivity index (χ1v) is 6.37. The molecule has 0 amide bonds. The zero-order valence-corrected chi connectivity index (χ0v) is 11.2. The molecule has 0 fully saturated rings. The number of aliphatic carboxylic acids is 1. The highest BCUT2D eigenvalue weighted by Crippen LogP contribution is 2.21. The summed E-state index contributed by atoms with van der Waals surface area (Å²) >= 11 is 0. The molecule has 0 aromatic rings. The number of nitrogens with two attached hydrogens (primary N) is 1. The molecule has 7 heteroatoms. The van der Waals surface area contributed by atoms with Crippen LogP contribution in [0.3, 0.4) is 0 Å². The van der Waals surface area contributed by atoms with Crippen molar-refractivity contribution in [1.82, 2.24) is 0 Å². The summed E-state index contributed by atoms with van der Waals surface area (Å²) in [7, 11) is -2.14. The number of hydrogen-bond donors (Lipinski definition) is 2. The minimum atomic E-state index is -2.14. The minimum absolute atomic E-state index is 0.0208. The van der Waals surface area contributed by atoms with E-state index in [-0.39, 0.29) is 5.92 Å². The van der Waals surface area contributed by atoms with Crippen molar-refractivity contribution >= 4 is 14.2 Å². The molecule has 1 atom stereocenters. The Morgan fingerprint density at radius 2 is 1.69 bits per heavy atom. The maximum atomic E-state index is 10.4. The van der Waals surface area contributed by atoms with Crippen LogP contribution in [0.2, 0.25) is 0 Å². The molecular formula is C9H22NO5P. The van der Waals surface area contributed by atoms with E-state index in [1.54, 1.807) is 27.7 Å². The van der Waals surface area contributed by atoms with Crippen molar-refractivity contribution < 1.29 is 23.5 Å². The molecule has 98 valence electrons. The second kappa shape index (κ2) is 11.1. The second-order valence-corrected chi connectivity index (χ2v) is 4.30. The van der Waals surface area contributed by atoms with Gasteiger partial charge >= 0.3 is 14.2 Å². The van der Waals surface area contributed by atoms with Crippen LogP contribution in [0, 0.1) is 5.92 Å². The third-order valence-electron chi connectivity index (χ3n) is 1.53. The number of carboxylic acids is 1. The largest absolute Gasteiger partial charge is 0.480 e. The van der Waals surface area contributed by atoms with E-state index < -0.39 is 20.3 Å². The van der Waals surface area contributed by atoms with Crippen molar-refractivity contribution in [2.24, 2.45) is 11.7 Å². The van der Waals surface area contributed by atoms with Gasteiger partial charge in [0.2, 0.25) is 0 Å². The van der Waals surface area contributed by atoms with Gasteiger partial charge in [-0.2, -0.15) is 0 Å². The molecule has 0 saturated carbocycles. The van der Waals surface area contributed by atoms with E-state index in [0.29, 0.717) is 13.2 Å². The maximum Gasteiger partial charge on any atom is 0.320 e. The first-order chi connectivity index (χ1) is 7.36. The molecule has 0 heterocycles. The summed E-state index contributed by atoms with van der Waals surface area (Å²) in [6.45, 7) is 8.02. The van der Waals surface area contributed by atoms with Gasteiger partial charge in [-0.1, -0.05) is 13.8 Å². The predicted molar refractivity (Wildman–Crippen MR) is 62.7 cm³/mol. The summed E-state index contributed by atoms with van der Waals surface area (Å²) in [5.41, 5.74) is 5.16. The molecule has 0 unspecified atom stereocenters. The molecule has 0 spiro atoms. The van der Waals surface area contributed by atoms with E-state index in [2.05, 4.69) is 9.05 Å². The van der Waals surface area contributed by atoms with Crippen LogP contribution >= 0.6 is 8.25 Å². The fraction of sp³-hybridized carbons (Fsp3) is 0.889. The monoisotopic (exact) mass is 255 g/mol. The van der Waals surface area contributed by atoms with Crippen LogP contribution in [0.25, 0.3) is 0 Å². The zero-order valence-electron chi connectivity index (χ0n) is 10.2. The van der Waals surface area contributed by atoms with Crippen LogP contribution < -0.4 is 5.73 Å². The molecule has 0 aliphatic heterocycles. The standard InChI is InChI=1S/C5H11NO2.C4H11O3P/c1-3(2)4(6)5(7)8;1-3-6-8(5)7-4-2/h3-4H,6H2,1-2H3,(H,7,8);8H,3-4H2,1-2H3/t4-;/m0./s1. The van der Waals surface area contributed by atoms with E-state index >= 15 is 0 Å². The Morgan fingerprint density at radius 3 is 1.81 bits per heavy atom. The predicted octanol–water partition coefficient (Wildman–Crippen LogP) is 1.50. The van der Waals surface area contributed by atoms with Gasteiger partial charge in [0.05, 0.1) is 13.2 Å². The maximum absolute atomic E-state index is 10.4. The highest BCUT2D eigenvalue weighted by molar-refractivity contribution is 7.33. The topological polar surface area (TPSA) is 98.9 Å². The summed E-state index contributed by atoms with van der Waals surface area (Å²) < 4.78 is 19.6. The van der Waals surface area contributed by atoms with Crippen LogP contribution in [-0.2, 0) is 18.4 Å². The molecule has 0 aromatic heterocycles. The Labute approximate surface area is 97.1 Å². The van der Waals surface area contributed by atoms with Gasteiger partial charge in [-0.25, -0.2) is 0 Å². The normalized spacial score (nSPS) is 12.2. The molecule has 0 radical (unpaired) electrons. The first kappa shape index (κ1) is 18.0. The Bertz CT molecular complexity index is 200. The summed E-state index contributed by atoms with van der Waals surface area (Å²) in [6.07, 6.45) is 0. The van der Waals surface area contributed by atoms with Gasteiger partial charge in [0.1, 0.15) is 6.04 Å². The van der Waals surface area contributed by atoms with Gasteiger partial charge < -0.3 is 19.9 Å². The molecule has 3 N–H and O–H groups in total. The number of hydrogen-bond acceptors (Lipinski definition) is 5. The molecule has 16 heavy (non-hydrogen) atoms. The van der Waals surface area contributed by atoms with Crippen molar-refractivity contribution in [2.45, 2.75) is 33.7 Å². The van der Waals surface area contributed by atoms with Gasteiger partial charge in [0.15, 0.2) is 0 Å². The Hall–Kier alpha value is -0.420. The average Bonchev–Trinajstić information content (AvgIpc) is 2.18. The highest BCUT2D eigenvalue weighted by atomic mass is 31.1. The average molecular weight is 255 g/mol. The lowest BCUT2D eigenvalue weighted by Crippen LogP contribution is -2.34. The van der Waals surface area contributed by atoms with Gasteiger partial charge in [0, 0.05) is 0 Å². The van der Waals surface area contributed by atoms with Crippen LogP contribution in [0.4, 0.5) is 0 Å². The third-order valence-corrected chi connectivity index (χ3v) is 2.58. The number of rotatable bonds is 6. The zero-order chi connectivity index (χ0) is 13.1. The molecule has 0 bridgehead atoms. The quantitative estimate of drug-likeness (QED) is 0.698. The van der Waals surface area contributed by atoms with E-state index in [4.69, 9.17) is 10.8 Å². The molecule has 0 rings (SSSR count). The van der Waals surface area contributed by atoms with E-state index in [9.17, 15) is 9.36 Å². The fourth-order valence-electron chi connectivity index (χ4n) is 0.563. The summed E-state index contributed by atoms with van der Waals surface area (Å²) in [6, 6.07) is -0.713. The van der Waals surface area contributed by atoms with E-state index in [0.717, 1.165) is 0 Å². The van der Waals surface area contributed by atoms with Crippen molar-refractivity contribution in [1.29, 1.82) is 0 Å².